The Labute approximate surface area is 206 Å². The second kappa shape index (κ2) is 11.8. The van der Waals surface area contributed by atoms with Crippen LogP contribution in [0.5, 0.6) is 17.2 Å². The zero-order valence-electron chi connectivity index (χ0n) is 21.0. The number of amides is 1. The first-order valence-electron chi connectivity index (χ1n) is 11.7. The van der Waals surface area contributed by atoms with E-state index in [1.807, 2.05) is 32.0 Å². The maximum absolute atomic E-state index is 13.2. The minimum absolute atomic E-state index is 0.0503. The molecule has 1 aliphatic rings. The molecule has 1 fully saturated rings. The van der Waals surface area contributed by atoms with Crippen molar-refractivity contribution in [3.8, 4) is 17.2 Å². The van der Waals surface area contributed by atoms with E-state index in [-0.39, 0.29) is 11.3 Å². The number of nitrogens with zero attached hydrogens (tertiary/aromatic N) is 2. The number of methoxy groups -OCH3 is 2. The second-order valence-electron chi connectivity index (χ2n) is 8.64. The van der Waals surface area contributed by atoms with Gasteiger partial charge in [-0.3, -0.25) is 9.59 Å². The zero-order valence-corrected chi connectivity index (χ0v) is 21.0. The number of carbonyl (C=O) groups excluding carboxylic acids is 2. The molecule has 1 aliphatic heterocycles. The fourth-order valence-electron chi connectivity index (χ4n) is 4.10. The van der Waals surface area contributed by atoms with Gasteiger partial charge in [-0.1, -0.05) is 13.0 Å². The van der Waals surface area contributed by atoms with Gasteiger partial charge >= 0.3 is 0 Å². The van der Waals surface area contributed by atoms with E-state index in [9.17, 15) is 14.7 Å². The van der Waals surface area contributed by atoms with Crippen LogP contribution in [0.25, 0.3) is 5.76 Å². The van der Waals surface area contributed by atoms with Gasteiger partial charge in [0, 0.05) is 12.1 Å². The SMILES string of the molecule is CCCOc1ccc([C@H]2/C(=C(\O)c3ccc(OC)cc3)C(=O)C(=O)N2CCCN(C)C)cc1OC. The lowest BCUT2D eigenvalue weighted by Crippen LogP contribution is -2.32. The molecule has 3 rings (SSSR count). The van der Waals surface area contributed by atoms with Gasteiger partial charge in [0.2, 0.25) is 0 Å². The van der Waals surface area contributed by atoms with Gasteiger partial charge in [-0.15, -0.1) is 0 Å². The van der Waals surface area contributed by atoms with Crippen LogP contribution in [0.4, 0.5) is 0 Å². The van der Waals surface area contributed by atoms with Crippen molar-refractivity contribution in [1.29, 1.82) is 0 Å². The Hall–Kier alpha value is -3.52. The Bertz CT molecular complexity index is 1080. The Morgan fingerprint density at radius 3 is 2.34 bits per heavy atom. The molecule has 1 saturated heterocycles. The summed E-state index contributed by atoms with van der Waals surface area (Å²) in [6.45, 7) is 3.67. The second-order valence-corrected chi connectivity index (χ2v) is 8.64. The Kier molecular flexibility index (Phi) is 8.76. The van der Waals surface area contributed by atoms with Crippen molar-refractivity contribution in [2.24, 2.45) is 0 Å². The summed E-state index contributed by atoms with van der Waals surface area (Å²) in [5.41, 5.74) is 1.14. The highest BCUT2D eigenvalue weighted by atomic mass is 16.5. The van der Waals surface area contributed by atoms with Crippen LogP contribution in [-0.4, -0.2) is 74.6 Å². The highest BCUT2D eigenvalue weighted by Crippen LogP contribution is 2.42. The smallest absolute Gasteiger partial charge is 0.295 e. The van der Waals surface area contributed by atoms with E-state index in [1.54, 1.807) is 50.6 Å². The molecule has 0 saturated carbocycles. The first kappa shape index (κ1) is 26.1. The Balaban J connectivity index is 2.10. The predicted octanol–water partition coefficient (Wildman–Crippen LogP) is 3.87. The molecule has 1 atom stereocenters. The van der Waals surface area contributed by atoms with Crippen LogP contribution < -0.4 is 14.2 Å². The third-order valence-corrected chi connectivity index (χ3v) is 5.87. The van der Waals surface area contributed by atoms with E-state index in [2.05, 4.69) is 0 Å². The molecule has 2 aromatic rings. The molecular weight excluding hydrogens is 448 g/mol. The van der Waals surface area contributed by atoms with E-state index in [0.29, 0.717) is 47.9 Å². The van der Waals surface area contributed by atoms with Crippen molar-refractivity contribution in [3.63, 3.8) is 0 Å². The van der Waals surface area contributed by atoms with Gasteiger partial charge in [-0.05, 0) is 75.4 Å². The van der Waals surface area contributed by atoms with Gasteiger partial charge in [-0.25, -0.2) is 0 Å². The summed E-state index contributed by atoms with van der Waals surface area (Å²) in [5.74, 6) is 0.135. The van der Waals surface area contributed by atoms with E-state index in [4.69, 9.17) is 14.2 Å². The maximum Gasteiger partial charge on any atom is 0.295 e. The molecule has 2 aromatic carbocycles. The van der Waals surface area contributed by atoms with Gasteiger partial charge in [0.25, 0.3) is 11.7 Å². The predicted molar refractivity (Wildman–Crippen MR) is 134 cm³/mol. The van der Waals surface area contributed by atoms with Crippen molar-refractivity contribution in [3.05, 3.63) is 59.2 Å². The van der Waals surface area contributed by atoms with Crippen LogP contribution in [-0.2, 0) is 9.59 Å². The van der Waals surface area contributed by atoms with Crippen molar-refractivity contribution in [1.82, 2.24) is 9.80 Å². The standard InChI is InChI=1S/C27H34N2O6/c1-6-16-35-21-13-10-19(17-22(21)34-5)24-23(25(30)18-8-11-20(33-4)12-9-18)26(31)27(32)29(24)15-7-14-28(2)3/h8-13,17,24,30H,6-7,14-16H2,1-5H3/b25-23+/t24-/m0/s1. The fraction of sp³-hybridized carbons (Fsp3) is 0.407. The monoisotopic (exact) mass is 482 g/mol. The molecule has 0 aromatic heterocycles. The number of likely N-dealkylation sites (tertiary alicyclic amines) is 1. The first-order valence-corrected chi connectivity index (χ1v) is 11.7. The molecule has 188 valence electrons. The van der Waals surface area contributed by atoms with Crippen LogP contribution in [0.1, 0.15) is 36.9 Å². The number of ketones is 1. The summed E-state index contributed by atoms with van der Waals surface area (Å²) < 4.78 is 16.5. The van der Waals surface area contributed by atoms with Gasteiger partial charge in [0.1, 0.15) is 11.5 Å². The molecule has 0 aliphatic carbocycles. The van der Waals surface area contributed by atoms with Gasteiger partial charge in [0.05, 0.1) is 32.4 Å². The molecule has 1 amide bonds. The van der Waals surface area contributed by atoms with Crippen molar-refractivity contribution >= 4 is 17.4 Å². The van der Waals surface area contributed by atoms with E-state index >= 15 is 0 Å². The Morgan fingerprint density at radius 2 is 1.74 bits per heavy atom. The van der Waals surface area contributed by atoms with Gasteiger partial charge in [0.15, 0.2) is 11.5 Å². The largest absolute Gasteiger partial charge is 0.507 e. The minimum atomic E-state index is -0.756. The molecule has 0 bridgehead atoms. The summed E-state index contributed by atoms with van der Waals surface area (Å²) in [6.07, 6.45) is 1.52. The molecule has 35 heavy (non-hydrogen) atoms. The molecular formula is C27H34N2O6. The van der Waals surface area contributed by atoms with Gasteiger partial charge in [-0.2, -0.15) is 0 Å². The quantitative estimate of drug-likeness (QED) is 0.296. The third kappa shape index (κ3) is 5.77. The van der Waals surface area contributed by atoms with Crippen LogP contribution >= 0.6 is 0 Å². The molecule has 8 nitrogen and oxygen atoms in total. The lowest BCUT2D eigenvalue weighted by atomic mass is 9.95. The molecule has 0 spiro atoms. The van der Waals surface area contributed by atoms with Crippen molar-refractivity contribution in [2.75, 3.05) is 48.0 Å². The van der Waals surface area contributed by atoms with E-state index in [0.717, 1.165) is 13.0 Å². The summed E-state index contributed by atoms with van der Waals surface area (Å²) in [4.78, 5) is 29.9. The molecule has 1 heterocycles. The number of benzene rings is 2. The highest BCUT2D eigenvalue weighted by Gasteiger charge is 2.46. The molecule has 0 unspecified atom stereocenters. The highest BCUT2D eigenvalue weighted by molar-refractivity contribution is 6.46. The van der Waals surface area contributed by atoms with E-state index < -0.39 is 17.7 Å². The number of ether oxygens (including phenoxy) is 3. The van der Waals surface area contributed by atoms with E-state index in [1.165, 1.54) is 4.90 Å². The maximum atomic E-state index is 13.2. The number of hydrogen-bond acceptors (Lipinski definition) is 7. The van der Waals surface area contributed by atoms with Crippen LogP contribution in [0.2, 0.25) is 0 Å². The van der Waals surface area contributed by atoms with Crippen LogP contribution in [0, 0.1) is 0 Å². The lowest BCUT2D eigenvalue weighted by Gasteiger charge is -2.26. The van der Waals surface area contributed by atoms with Crippen molar-refractivity contribution in [2.45, 2.75) is 25.8 Å². The number of aliphatic hydroxyl groups is 1. The minimum Gasteiger partial charge on any atom is -0.507 e. The third-order valence-electron chi connectivity index (χ3n) is 5.87. The first-order chi connectivity index (χ1) is 16.8. The lowest BCUT2D eigenvalue weighted by molar-refractivity contribution is -0.139. The Morgan fingerprint density at radius 1 is 1.03 bits per heavy atom. The summed E-state index contributed by atoms with van der Waals surface area (Å²) in [6, 6.07) is 11.3. The molecule has 0 radical (unpaired) electrons. The van der Waals surface area contributed by atoms with Crippen molar-refractivity contribution < 1.29 is 28.9 Å². The zero-order chi connectivity index (χ0) is 25.5. The topological polar surface area (TPSA) is 88.5 Å². The normalized spacial score (nSPS) is 17.2. The number of aliphatic hydroxyl groups excluding tert-OH is 1. The van der Waals surface area contributed by atoms with Gasteiger partial charge < -0.3 is 29.1 Å². The molecule has 1 N–H and O–H groups in total. The number of carbonyl (C=O) groups is 2. The average Bonchev–Trinajstić information content (AvgIpc) is 3.11. The fourth-order valence-corrected chi connectivity index (χ4v) is 4.10. The van der Waals surface area contributed by atoms with Crippen LogP contribution in [0.3, 0.4) is 0 Å². The summed E-state index contributed by atoms with van der Waals surface area (Å²) in [5, 5.41) is 11.2. The summed E-state index contributed by atoms with van der Waals surface area (Å²) in [7, 11) is 7.00. The van der Waals surface area contributed by atoms with Crippen LogP contribution in [0.15, 0.2) is 48.0 Å². The average molecular weight is 483 g/mol. The summed E-state index contributed by atoms with van der Waals surface area (Å²) >= 11 is 0. The molecule has 8 heteroatoms. The number of hydrogen-bond donors (Lipinski definition) is 1. The number of Topliss-reactive ketones (excluding diaryl/α,β-unsaturated/α-hetero) is 1. The number of rotatable bonds is 11.